The van der Waals surface area contributed by atoms with Gasteiger partial charge in [0.25, 0.3) is 0 Å². The van der Waals surface area contributed by atoms with E-state index in [0.717, 1.165) is 23.9 Å². The second-order valence-electron chi connectivity index (χ2n) is 12.3. The van der Waals surface area contributed by atoms with Crippen LogP contribution in [0.5, 0.6) is 0 Å². The number of unbranched alkanes of at least 4 members (excludes halogenated alkanes) is 15. The molecule has 0 fully saturated rings. The summed E-state index contributed by atoms with van der Waals surface area (Å²) in [7, 11) is 0.337. The lowest BCUT2D eigenvalue weighted by Crippen LogP contribution is -2.38. The van der Waals surface area contributed by atoms with Gasteiger partial charge in [0, 0.05) is 26.3 Å². The molecule has 10 nitrogen and oxygen atoms in total. The average Bonchev–Trinajstić information content (AvgIpc) is 2.85. The summed E-state index contributed by atoms with van der Waals surface area (Å²) in [6.45, 7) is 3.72. The molecule has 0 heterocycles. The third-order valence-corrected chi connectivity index (χ3v) is 8.44. The van der Waals surface area contributed by atoms with Crippen molar-refractivity contribution in [1.82, 2.24) is 5.32 Å². The minimum Gasteiger partial charge on any atom is -0.748 e. The molecule has 0 aromatic carbocycles. The van der Waals surface area contributed by atoms with E-state index in [9.17, 15) is 13.2 Å². The summed E-state index contributed by atoms with van der Waals surface area (Å²) in [6.07, 6.45) is 20.9. The molecule has 0 rings (SSSR count). The Labute approximate surface area is 258 Å². The molecule has 0 aliphatic carbocycles. The van der Waals surface area contributed by atoms with Gasteiger partial charge in [-0.2, -0.15) is 0 Å². The number of carbonyl (C=O) groups excluding carboxylic acids is 1. The van der Waals surface area contributed by atoms with E-state index < -0.39 is 32.2 Å². The molecule has 0 spiro atoms. The molecule has 1 atom stereocenters. The van der Waals surface area contributed by atoms with Crippen molar-refractivity contribution in [3.05, 3.63) is 0 Å². The number of ether oxygens (including phenoxy) is 2. The van der Waals surface area contributed by atoms with Gasteiger partial charge in [-0.1, -0.05) is 103 Å². The zero-order valence-electron chi connectivity index (χ0n) is 27.7. The maximum Gasteiger partial charge on any atom is 0.407 e. The molecule has 1 amide bonds. The van der Waals surface area contributed by atoms with Crippen LogP contribution >= 0.6 is 0 Å². The Morgan fingerprint density at radius 1 is 0.762 bits per heavy atom. The minimum absolute atomic E-state index is 0.0925. The van der Waals surface area contributed by atoms with Crippen LogP contribution < -0.4 is 5.32 Å². The van der Waals surface area contributed by atoms with Gasteiger partial charge < -0.3 is 23.8 Å². The van der Waals surface area contributed by atoms with E-state index >= 15 is 0 Å². The number of hydrogen-bond donors (Lipinski definition) is 1. The zero-order valence-corrected chi connectivity index (χ0v) is 29.3. The monoisotopic (exact) mass is 644 g/mol. The SMILES string of the molecule is CCCCCCCCCCCCCCCCCCOCC(CS(=O)(=O)CCC[N+](C)(C)C)OC(=O)NC.CS(=O)(=O)[O-]. The Morgan fingerprint density at radius 2 is 1.17 bits per heavy atom. The molecular formula is C30H64N2O8S2. The quantitative estimate of drug-likeness (QED) is 0.0723. The van der Waals surface area contributed by atoms with Crippen molar-refractivity contribution < 1.29 is 40.1 Å². The molecule has 0 radical (unpaired) electrons. The first-order valence-corrected chi connectivity index (χ1v) is 19.6. The van der Waals surface area contributed by atoms with Crippen LogP contribution in [-0.4, -0.2) is 104 Å². The van der Waals surface area contributed by atoms with Crippen molar-refractivity contribution >= 4 is 26.0 Å². The van der Waals surface area contributed by atoms with Gasteiger partial charge >= 0.3 is 6.09 Å². The zero-order chi connectivity index (χ0) is 32.3. The van der Waals surface area contributed by atoms with E-state index in [0.29, 0.717) is 19.3 Å². The molecule has 0 bridgehead atoms. The van der Waals surface area contributed by atoms with Gasteiger partial charge in [0.2, 0.25) is 0 Å². The molecule has 0 aliphatic heterocycles. The van der Waals surface area contributed by atoms with Crippen LogP contribution in [0.1, 0.15) is 116 Å². The number of nitrogens with one attached hydrogen (secondary N) is 1. The number of alkyl carbamates (subject to hydrolysis) is 1. The van der Waals surface area contributed by atoms with Gasteiger partial charge in [0.1, 0.15) is 6.10 Å². The van der Waals surface area contributed by atoms with Gasteiger partial charge in [-0.25, -0.2) is 21.6 Å². The average molecular weight is 645 g/mol. The number of rotatable bonds is 26. The maximum atomic E-state index is 12.5. The standard InChI is InChI=1S/C29H60N2O5S.CH4O3S/c1-6-7-8-9-10-11-12-13-14-15-16-17-18-19-20-21-24-35-26-28(36-29(32)30-2)27-37(33,34)25-22-23-31(3,4)5;1-5(2,3)4/h28H,6-27H2,1-5H3;1H3,(H,2,3,4). The lowest BCUT2D eigenvalue weighted by Gasteiger charge is -2.24. The van der Waals surface area contributed by atoms with Crippen LogP contribution in [0.2, 0.25) is 0 Å². The topological polar surface area (TPSA) is 139 Å². The van der Waals surface area contributed by atoms with E-state index in [1.54, 1.807) is 0 Å². The highest BCUT2D eigenvalue weighted by Gasteiger charge is 2.23. The second kappa shape index (κ2) is 26.5. The lowest BCUT2D eigenvalue weighted by atomic mass is 10.0. The molecule has 42 heavy (non-hydrogen) atoms. The number of amides is 1. The Kier molecular flexibility index (Phi) is 27.2. The molecule has 12 heteroatoms. The third kappa shape index (κ3) is 39.0. The van der Waals surface area contributed by atoms with Crippen LogP contribution in [0.15, 0.2) is 0 Å². The van der Waals surface area contributed by atoms with E-state index in [2.05, 4.69) is 12.2 Å². The highest BCUT2D eigenvalue weighted by molar-refractivity contribution is 7.91. The number of nitrogens with zero attached hydrogens (tertiary/aromatic N) is 1. The highest BCUT2D eigenvalue weighted by atomic mass is 32.2. The van der Waals surface area contributed by atoms with E-state index in [1.807, 2.05) is 21.1 Å². The van der Waals surface area contributed by atoms with Gasteiger partial charge in [-0.05, 0) is 6.42 Å². The fraction of sp³-hybridized carbons (Fsp3) is 0.967. The van der Waals surface area contributed by atoms with Crippen molar-refractivity contribution in [3.63, 3.8) is 0 Å². The van der Waals surface area contributed by atoms with Crippen molar-refractivity contribution in [2.75, 3.05) is 65.7 Å². The molecule has 0 saturated heterocycles. The van der Waals surface area contributed by atoms with Crippen LogP contribution in [0.3, 0.4) is 0 Å². The highest BCUT2D eigenvalue weighted by Crippen LogP contribution is 2.14. The first kappa shape index (κ1) is 43.2. The molecule has 1 N–H and O–H groups in total. The fourth-order valence-electron chi connectivity index (χ4n) is 4.42. The second-order valence-corrected chi connectivity index (χ2v) is 16.0. The molecule has 1 unspecified atom stereocenters. The summed E-state index contributed by atoms with van der Waals surface area (Å²) in [5.74, 6) is -0.105. The smallest absolute Gasteiger partial charge is 0.407 e. The molecule has 0 aromatic heterocycles. The maximum absolute atomic E-state index is 12.5. The van der Waals surface area contributed by atoms with Gasteiger partial charge in [0.05, 0.1) is 55.9 Å². The van der Waals surface area contributed by atoms with Crippen molar-refractivity contribution in [1.29, 1.82) is 0 Å². The number of carbonyl (C=O) groups is 1. The first-order chi connectivity index (χ1) is 19.6. The van der Waals surface area contributed by atoms with Gasteiger partial charge in [0.15, 0.2) is 9.84 Å². The van der Waals surface area contributed by atoms with Crippen LogP contribution in [-0.2, 0) is 29.4 Å². The predicted molar refractivity (Wildman–Crippen MR) is 171 cm³/mol. The Morgan fingerprint density at radius 3 is 1.55 bits per heavy atom. The molecule has 254 valence electrons. The number of hydrogen-bond acceptors (Lipinski definition) is 8. The first-order valence-electron chi connectivity index (χ1n) is 16.0. The van der Waals surface area contributed by atoms with E-state index in [4.69, 9.17) is 22.4 Å². The van der Waals surface area contributed by atoms with Gasteiger partial charge in [-0.15, -0.1) is 0 Å². The Hall–Kier alpha value is -0.950. The van der Waals surface area contributed by atoms with Crippen molar-refractivity contribution in [3.8, 4) is 0 Å². The number of sulfone groups is 1. The van der Waals surface area contributed by atoms with Crippen molar-refractivity contribution in [2.45, 2.75) is 122 Å². The summed E-state index contributed by atoms with van der Waals surface area (Å²) in [5, 5.41) is 2.39. The van der Waals surface area contributed by atoms with Gasteiger partial charge in [-0.3, -0.25) is 0 Å². The van der Waals surface area contributed by atoms with Crippen LogP contribution in [0.4, 0.5) is 4.79 Å². The summed E-state index contributed by atoms with van der Waals surface area (Å²) in [6, 6.07) is 0. The lowest BCUT2D eigenvalue weighted by molar-refractivity contribution is -0.870. The molecule has 0 saturated carbocycles. The third-order valence-electron chi connectivity index (χ3n) is 6.65. The molecule has 0 aliphatic rings. The minimum atomic E-state index is -3.92. The summed E-state index contributed by atoms with van der Waals surface area (Å²) < 4.78 is 63.9. The number of quaternary nitrogens is 1. The summed E-state index contributed by atoms with van der Waals surface area (Å²) in [4.78, 5) is 11.7. The fourth-order valence-corrected chi connectivity index (χ4v) is 5.89. The predicted octanol–water partition coefficient (Wildman–Crippen LogP) is 5.66. The molecular weight excluding hydrogens is 580 g/mol. The van der Waals surface area contributed by atoms with Crippen LogP contribution in [0.25, 0.3) is 0 Å². The summed E-state index contributed by atoms with van der Waals surface area (Å²) >= 11 is 0. The van der Waals surface area contributed by atoms with Crippen LogP contribution in [0, 0.1) is 0 Å². The van der Waals surface area contributed by atoms with E-state index in [1.165, 1.54) is 96.9 Å². The van der Waals surface area contributed by atoms with Crippen molar-refractivity contribution in [2.24, 2.45) is 0 Å². The Bertz CT molecular complexity index is 836. The largest absolute Gasteiger partial charge is 0.748 e. The summed E-state index contributed by atoms with van der Waals surface area (Å²) in [5.41, 5.74) is 0. The van der Waals surface area contributed by atoms with E-state index in [-0.39, 0.29) is 18.1 Å². The molecule has 0 aromatic rings. The Balaban J connectivity index is 0. The normalized spacial score (nSPS) is 12.8.